The van der Waals surface area contributed by atoms with Gasteiger partial charge in [-0.15, -0.1) is 0 Å². The van der Waals surface area contributed by atoms with Crippen molar-refractivity contribution in [2.75, 3.05) is 0 Å². The highest BCUT2D eigenvalue weighted by atomic mass is 35.5. The first-order valence-electron chi connectivity index (χ1n) is 4.17. The Morgan fingerprint density at radius 1 is 1.42 bits per heavy atom. The minimum Gasteiger partial charge on any atom is -0.305 e. The maximum Gasteiger partial charge on any atom is 0.285 e. The first-order chi connectivity index (χ1) is 5.70. The minimum absolute atomic E-state index is 0.433. The lowest BCUT2D eigenvalue weighted by atomic mass is 10.2. The van der Waals surface area contributed by atoms with E-state index in [-0.39, 0.29) is 0 Å². The molecule has 5 heteroatoms. The Balaban J connectivity index is 2.04. The summed E-state index contributed by atoms with van der Waals surface area (Å²) in [6, 6.07) is 0.433. The number of halogens is 2. The number of alkyl halides is 2. The van der Waals surface area contributed by atoms with Gasteiger partial charge in [-0.2, -0.15) is 5.01 Å². The molecule has 1 heterocycles. The van der Waals surface area contributed by atoms with E-state index >= 15 is 0 Å². The zero-order chi connectivity index (χ0) is 8.60. The van der Waals surface area contributed by atoms with Crippen LogP contribution in [0.25, 0.3) is 0 Å². The monoisotopic (exact) mass is 207 g/mol. The molecule has 0 aromatic rings. The number of hydrogen-bond acceptors (Lipinski definition) is 3. The van der Waals surface area contributed by atoms with Gasteiger partial charge in [0.15, 0.2) is 0 Å². The fourth-order valence-electron chi connectivity index (χ4n) is 1.80. The molecule has 3 nitrogen and oxygen atoms in total. The predicted octanol–water partition coefficient (Wildman–Crippen LogP) is 1.87. The SMILES string of the molecule is ClC1(Cl)N=CNN1C1CCCC1. The Hall–Kier alpha value is 0.01000. The largest absolute Gasteiger partial charge is 0.305 e. The van der Waals surface area contributed by atoms with E-state index in [9.17, 15) is 0 Å². The molecule has 2 rings (SSSR count). The molecular weight excluding hydrogens is 197 g/mol. The summed E-state index contributed by atoms with van der Waals surface area (Å²) in [5.74, 6) is 0. The van der Waals surface area contributed by atoms with Gasteiger partial charge in [0.05, 0.1) is 0 Å². The molecule has 0 bridgehead atoms. The van der Waals surface area contributed by atoms with Crippen molar-refractivity contribution < 1.29 is 0 Å². The van der Waals surface area contributed by atoms with Gasteiger partial charge in [0.25, 0.3) is 4.58 Å². The molecule has 1 fully saturated rings. The molecule has 1 aliphatic carbocycles. The molecular formula is C7H11Cl2N3. The van der Waals surface area contributed by atoms with E-state index in [1.807, 2.05) is 5.01 Å². The van der Waals surface area contributed by atoms with Gasteiger partial charge in [-0.25, -0.2) is 4.99 Å². The molecule has 0 atom stereocenters. The quantitative estimate of drug-likeness (QED) is 0.526. The normalized spacial score (nSPS) is 29.5. The summed E-state index contributed by atoms with van der Waals surface area (Å²) in [5, 5.41) is 1.82. The zero-order valence-electron chi connectivity index (χ0n) is 6.63. The molecule has 0 aromatic carbocycles. The number of nitrogens with zero attached hydrogens (tertiary/aromatic N) is 2. The van der Waals surface area contributed by atoms with Gasteiger partial charge in [-0.1, -0.05) is 36.0 Å². The van der Waals surface area contributed by atoms with Crippen LogP contribution in [0.1, 0.15) is 25.7 Å². The van der Waals surface area contributed by atoms with Gasteiger partial charge >= 0.3 is 0 Å². The molecule has 0 unspecified atom stereocenters. The maximum absolute atomic E-state index is 5.94. The number of nitrogens with one attached hydrogen (secondary N) is 1. The summed E-state index contributed by atoms with van der Waals surface area (Å²) in [6.45, 7) is 0. The van der Waals surface area contributed by atoms with E-state index in [2.05, 4.69) is 10.4 Å². The lowest BCUT2D eigenvalue weighted by molar-refractivity contribution is 0.146. The maximum atomic E-state index is 5.94. The van der Waals surface area contributed by atoms with Gasteiger partial charge in [-0.3, -0.25) is 0 Å². The first kappa shape index (κ1) is 8.60. The third kappa shape index (κ3) is 1.41. The van der Waals surface area contributed by atoms with Gasteiger partial charge in [0.2, 0.25) is 0 Å². The Kier molecular flexibility index (Phi) is 2.19. The van der Waals surface area contributed by atoms with Crippen LogP contribution in [0.5, 0.6) is 0 Å². The molecule has 12 heavy (non-hydrogen) atoms. The van der Waals surface area contributed by atoms with E-state index < -0.39 is 4.58 Å². The summed E-state index contributed by atoms with van der Waals surface area (Å²) in [6.07, 6.45) is 6.37. The second kappa shape index (κ2) is 3.05. The van der Waals surface area contributed by atoms with Gasteiger partial charge in [0, 0.05) is 6.04 Å². The molecule has 0 amide bonds. The number of hydrogen-bond donors (Lipinski definition) is 1. The van der Waals surface area contributed by atoms with Crippen LogP contribution in [-0.2, 0) is 0 Å². The second-order valence-corrected chi connectivity index (χ2v) is 4.45. The fraction of sp³-hybridized carbons (Fsp3) is 0.857. The third-order valence-corrected chi connectivity index (χ3v) is 2.96. The molecule has 0 spiro atoms. The Morgan fingerprint density at radius 3 is 2.58 bits per heavy atom. The number of hydrazine groups is 1. The van der Waals surface area contributed by atoms with Crippen molar-refractivity contribution in [1.82, 2.24) is 10.4 Å². The summed E-state index contributed by atoms with van der Waals surface area (Å²) >= 11 is 11.9. The van der Waals surface area contributed by atoms with E-state index in [1.54, 1.807) is 6.34 Å². The van der Waals surface area contributed by atoms with Crippen LogP contribution >= 0.6 is 23.2 Å². The molecule has 0 aromatic heterocycles. The predicted molar refractivity (Wildman–Crippen MR) is 50.2 cm³/mol. The minimum atomic E-state index is -1.09. The Labute approximate surface area is 81.7 Å². The average Bonchev–Trinajstić information content (AvgIpc) is 2.55. The van der Waals surface area contributed by atoms with Crippen LogP contribution < -0.4 is 5.43 Å². The highest BCUT2D eigenvalue weighted by Gasteiger charge is 2.40. The van der Waals surface area contributed by atoms with Crippen LogP contribution in [0.2, 0.25) is 0 Å². The highest BCUT2D eigenvalue weighted by Crippen LogP contribution is 2.35. The summed E-state index contributed by atoms with van der Waals surface area (Å²) in [5.41, 5.74) is 2.97. The fourth-order valence-corrected chi connectivity index (χ4v) is 2.27. The van der Waals surface area contributed by atoms with E-state index in [4.69, 9.17) is 23.2 Å². The van der Waals surface area contributed by atoms with Crippen LogP contribution in [0.4, 0.5) is 0 Å². The first-order valence-corrected chi connectivity index (χ1v) is 4.93. The average molecular weight is 208 g/mol. The topological polar surface area (TPSA) is 27.6 Å². The Morgan fingerprint density at radius 2 is 2.08 bits per heavy atom. The lowest BCUT2D eigenvalue weighted by Crippen LogP contribution is -2.47. The Bertz CT molecular complexity index is 199. The molecule has 1 saturated carbocycles. The number of rotatable bonds is 1. The van der Waals surface area contributed by atoms with Crippen LogP contribution in [0, 0.1) is 0 Å². The molecule has 68 valence electrons. The molecule has 2 aliphatic rings. The molecule has 1 N–H and O–H groups in total. The van der Waals surface area contributed by atoms with Crippen LogP contribution in [0.3, 0.4) is 0 Å². The smallest absolute Gasteiger partial charge is 0.285 e. The van der Waals surface area contributed by atoms with Crippen molar-refractivity contribution in [2.45, 2.75) is 36.3 Å². The van der Waals surface area contributed by atoms with Crippen molar-refractivity contribution in [1.29, 1.82) is 0 Å². The standard InChI is InChI=1S/C7H11Cl2N3/c8-7(9)10-5-11-12(7)6-3-1-2-4-6/h5-6H,1-4H2,(H,10,11). The van der Waals surface area contributed by atoms with Gasteiger partial charge in [0.1, 0.15) is 6.34 Å². The van der Waals surface area contributed by atoms with E-state index in [0.29, 0.717) is 6.04 Å². The summed E-state index contributed by atoms with van der Waals surface area (Å²) in [7, 11) is 0. The van der Waals surface area contributed by atoms with Crippen molar-refractivity contribution in [2.24, 2.45) is 4.99 Å². The van der Waals surface area contributed by atoms with E-state index in [1.165, 1.54) is 12.8 Å². The molecule has 1 aliphatic heterocycles. The van der Waals surface area contributed by atoms with Crippen LogP contribution in [-0.4, -0.2) is 22.0 Å². The summed E-state index contributed by atoms with van der Waals surface area (Å²) < 4.78 is -1.09. The lowest BCUT2D eigenvalue weighted by Gasteiger charge is -2.29. The van der Waals surface area contributed by atoms with Gasteiger partial charge in [-0.05, 0) is 12.8 Å². The highest BCUT2D eigenvalue weighted by molar-refractivity contribution is 6.48. The second-order valence-electron chi connectivity index (χ2n) is 3.21. The number of aliphatic imine (C=N–C) groups is 1. The van der Waals surface area contributed by atoms with Crippen molar-refractivity contribution in [3.63, 3.8) is 0 Å². The summed E-state index contributed by atoms with van der Waals surface area (Å²) in [4.78, 5) is 3.91. The zero-order valence-corrected chi connectivity index (χ0v) is 8.15. The van der Waals surface area contributed by atoms with Crippen molar-refractivity contribution in [3.05, 3.63) is 0 Å². The van der Waals surface area contributed by atoms with Crippen molar-refractivity contribution in [3.8, 4) is 0 Å². The van der Waals surface area contributed by atoms with Crippen LogP contribution in [0.15, 0.2) is 4.99 Å². The molecule has 0 radical (unpaired) electrons. The third-order valence-electron chi connectivity index (χ3n) is 2.40. The van der Waals surface area contributed by atoms with Crippen molar-refractivity contribution >= 4 is 29.5 Å². The van der Waals surface area contributed by atoms with Gasteiger partial charge < -0.3 is 5.43 Å². The molecule has 0 saturated heterocycles. The van der Waals surface area contributed by atoms with E-state index in [0.717, 1.165) is 12.8 Å².